The molecule has 1 saturated heterocycles. The monoisotopic (exact) mass is 142 g/mol. The topological polar surface area (TPSA) is 23.1 Å². The molecule has 1 rings (SSSR count). The maximum Gasteiger partial charge on any atom is 0.100 e. The van der Waals surface area contributed by atoms with E-state index in [-0.39, 0.29) is 12.1 Å². The molecule has 0 aromatic heterocycles. The number of likely N-dealkylation sites (tertiary alicyclic amines) is 1. The van der Waals surface area contributed by atoms with Crippen molar-refractivity contribution in [1.29, 1.82) is 0 Å². The fourth-order valence-electron chi connectivity index (χ4n) is 1.41. The lowest BCUT2D eigenvalue weighted by atomic mass is 10.1. The number of nitrogens with zero attached hydrogens (tertiary/aromatic N) is 1. The van der Waals surface area contributed by atoms with Crippen molar-refractivity contribution in [3.8, 4) is 0 Å². The standard InChI is InChI=1S/C8H16NO/c1-8(2,7-10)9-5-3-4-6-9/h3-7H2,1-2H3. The zero-order valence-electron chi connectivity index (χ0n) is 6.89. The molecule has 0 aliphatic carbocycles. The molecule has 1 aliphatic rings. The van der Waals surface area contributed by atoms with E-state index in [4.69, 9.17) is 0 Å². The zero-order valence-corrected chi connectivity index (χ0v) is 6.89. The predicted octanol–water partition coefficient (Wildman–Crippen LogP) is 1.29. The summed E-state index contributed by atoms with van der Waals surface area (Å²) in [5, 5.41) is 10.7. The van der Waals surface area contributed by atoms with Gasteiger partial charge in [0.15, 0.2) is 0 Å². The molecule has 1 aliphatic heterocycles. The summed E-state index contributed by atoms with van der Waals surface area (Å²) in [5.41, 5.74) is -0.101. The van der Waals surface area contributed by atoms with Crippen molar-refractivity contribution in [2.24, 2.45) is 0 Å². The van der Waals surface area contributed by atoms with Gasteiger partial charge >= 0.3 is 0 Å². The molecular formula is C8H16NO. The first-order valence-electron chi connectivity index (χ1n) is 4.00. The first kappa shape index (κ1) is 8.02. The minimum Gasteiger partial charge on any atom is -0.296 e. The molecule has 0 unspecified atom stereocenters. The van der Waals surface area contributed by atoms with Gasteiger partial charge in [0.1, 0.15) is 6.61 Å². The molecule has 2 heteroatoms. The van der Waals surface area contributed by atoms with Crippen LogP contribution in [0.3, 0.4) is 0 Å². The van der Waals surface area contributed by atoms with E-state index >= 15 is 0 Å². The van der Waals surface area contributed by atoms with Gasteiger partial charge in [-0.15, -0.1) is 0 Å². The molecule has 0 atom stereocenters. The Morgan fingerprint density at radius 3 is 2.20 bits per heavy atom. The van der Waals surface area contributed by atoms with Crippen LogP contribution in [0, 0.1) is 0 Å². The van der Waals surface area contributed by atoms with Crippen molar-refractivity contribution >= 4 is 0 Å². The SMILES string of the molecule is CC(C)(C[O])N1CCCC1. The highest BCUT2D eigenvalue weighted by molar-refractivity contribution is 4.83. The summed E-state index contributed by atoms with van der Waals surface area (Å²) >= 11 is 0. The Kier molecular flexibility index (Phi) is 2.32. The van der Waals surface area contributed by atoms with Crippen LogP contribution < -0.4 is 0 Å². The van der Waals surface area contributed by atoms with E-state index in [0.29, 0.717) is 0 Å². The van der Waals surface area contributed by atoms with E-state index in [2.05, 4.69) is 4.90 Å². The van der Waals surface area contributed by atoms with Gasteiger partial charge in [0, 0.05) is 5.54 Å². The van der Waals surface area contributed by atoms with E-state index in [0.717, 1.165) is 13.1 Å². The molecular weight excluding hydrogens is 126 g/mol. The van der Waals surface area contributed by atoms with Crippen LogP contribution in [0.1, 0.15) is 26.7 Å². The van der Waals surface area contributed by atoms with Crippen LogP contribution in [0.2, 0.25) is 0 Å². The summed E-state index contributed by atoms with van der Waals surface area (Å²) in [6.45, 7) is 6.33. The van der Waals surface area contributed by atoms with Gasteiger partial charge in [-0.05, 0) is 39.8 Å². The maximum atomic E-state index is 10.7. The normalized spacial score (nSPS) is 21.9. The van der Waals surface area contributed by atoms with E-state index < -0.39 is 0 Å². The third-order valence-corrected chi connectivity index (χ3v) is 2.32. The molecule has 0 N–H and O–H groups in total. The highest BCUT2D eigenvalue weighted by Crippen LogP contribution is 2.19. The second-order valence-electron chi connectivity index (χ2n) is 3.65. The van der Waals surface area contributed by atoms with Crippen LogP contribution in [-0.2, 0) is 5.11 Å². The van der Waals surface area contributed by atoms with Gasteiger partial charge in [-0.2, -0.15) is 0 Å². The highest BCUT2D eigenvalue weighted by Gasteiger charge is 2.28. The lowest BCUT2D eigenvalue weighted by molar-refractivity contribution is 0.0398. The van der Waals surface area contributed by atoms with E-state index in [1.165, 1.54) is 12.8 Å². The summed E-state index contributed by atoms with van der Waals surface area (Å²) in [7, 11) is 0. The zero-order chi connectivity index (χ0) is 7.61. The summed E-state index contributed by atoms with van der Waals surface area (Å²) in [5.74, 6) is 0. The van der Waals surface area contributed by atoms with Gasteiger partial charge in [0.05, 0.1) is 0 Å². The Morgan fingerprint density at radius 2 is 1.80 bits per heavy atom. The second kappa shape index (κ2) is 2.89. The van der Waals surface area contributed by atoms with E-state index in [1.807, 2.05) is 13.8 Å². The second-order valence-corrected chi connectivity index (χ2v) is 3.65. The Balaban J connectivity index is 2.45. The highest BCUT2D eigenvalue weighted by atomic mass is 16.3. The summed E-state index contributed by atoms with van der Waals surface area (Å²) in [6, 6.07) is 0. The van der Waals surface area contributed by atoms with Gasteiger partial charge < -0.3 is 0 Å². The average molecular weight is 142 g/mol. The largest absolute Gasteiger partial charge is 0.296 e. The van der Waals surface area contributed by atoms with Gasteiger partial charge in [0.25, 0.3) is 0 Å². The summed E-state index contributed by atoms with van der Waals surface area (Å²) < 4.78 is 0. The van der Waals surface area contributed by atoms with Crippen LogP contribution in [0.15, 0.2) is 0 Å². The van der Waals surface area contributed by atoms with E-state index in [9.17, 15) is 5.11 Å². The van der Waals surface area contributed by atoms with Crippen LogP contribution in [0.5, 0.6) is 0 Å². The van der Waals surface area contributed by atoms with Gasteiger partial charge in [0.2, 0.25) is 0 Å². The molecule has 1 fully saturated rings. The van der Waals surface area contributed by atoms with Crippen molar-refractivity contribution in [3.05, 3.63) is 0 Å². The van der Waals surface area contributed by atoms with Crippen molar-refractivity contribution in [1.82, 2.24) is 4.90 Å². The molecule has 0 bridgehead atoms. The molecule has 1 heterocycles. The van der Waals surface area contributed by atoms with Gasteiger partial charge in [-0.3, -0.25) is 4.90 Å². The van der Waals surface area contributed by atoms with Crippen LogP contribution >= 0.6 is 0 Å². The first-order valence-corrected chi connectivity index (χ1v) is 4.00. The Morgan fingerprint density at radius 1 is 1.30 bits per heavy atom. The van der Waals surface area contributed by atoms with Gasteiger partial charge in [-0.25, -0.2) is 5.11 Å². The molecule has 1 radical (unpaired) electrons. The maximum absolute atomic E-state index is 10.7. The molecule has 0 aromatic rings. The summed E-state index contributed by atoms with van der Waals surface area (Å²) in [4.78, 5) is 2.29. The van der Waals surface area contributed by atoms with Crippen LogP contribution in [0.4, 0.5) is 0 Å². The number of hydrogen-bond acceptors (Lipinski definition) is 1. The Bertz CT molecular complexity index is 106. The van der Waals surface area contributed by atoms with Crippen LogP contribution in [-0.4, -0.2) is 30.1 Å². The quantitative estimate of drug-likeness (QED) is 0.569. The number of rotatable bonds is 2. The van der Waals surface area contributed by atoms with Crippen molar-refractivity contribution < 1.29 is 5.11 Å². The molecule has 0 saturated carbocycles. The van der Waals surface area contributed by atoms with Crippen molar-refractivity contribution in [3.63, 3.8) is 0 Å². The summed E-state index contributed by atoms with van der Waals surface area (Å²) in [6.07, 6.45) is 2.53. The third kappa shape index (κ3) is 1.50. The van der Waals surface area contributed by atoms with E-state index in [1.54, 1.807) is 0 Å². The smallest absolute Gasteiger partial charge is 0.100 e. The molecule has 0 spiro atoms. The lowest BCUT2D eigenvalue weighted by Gasteiger charge is -2.32. The lowest BCUT2D eigenvalue weighted by Crippen LogP contribution is -2.44. The molecule has 10 heavy (non-hydrogen) atoms. The first-order chi connectivity index (χ1) is 4.67. The molecule has 2 nitrogen and oxygen atoms in total. The number of hydrogen-bond donors (Lipinski definition) is 0. The fourth-order valence-corrected chi connectivity index (χ4v) is 1.41. The molecule has 0 aromatic carbocycles. The minimum atomic E-state index is -0.101. The minimum absolute atomic E-state index is 0.0208. The fraction of sp³-hybridized carbons (Fsp3) is 1.00. The Hall–Kier alpha value is -0.0800. The molecule has 59 valence electrons. The third-order valence-electron chi connectivity index (χ3n) is 2.32. The van der Waals surface area contributed by atoms with Gasteiger partial charge in [-0.1, -0.05) is 0 Å². The molecule has 0 amide bonds. The Labute approximate surface area is 62.8 Å². The average Bonchev–Trinajstić information content (AvgIpc) is 2.38. The van der Waals surface area contributed by atoms with Crippen molar-refractivity contribution in [2.45, 2.75) is 32.2 Å². The predicted molar refractivity (Wildman–Crippen MR) is 40.4 cm³/mol. The van der Waals surface area contributed by atoms with Crippen LogP contribution in [0.25, 0.3) is 0 Å². The van der Waals surface area contributed by atoms with Crippen molar-refractivity contribution in [2.75, 3.05) is 19.7 Å².